The SMILES string of the molecule is CCN1CCN(Cc2ccc(-c3ncc4[nH]cnc4n3)c(C)c2)CC1. The van der Waals surface area contributed by atoms with Crippen LogP contribution in [-0.2, 0) is 6.54 Å². The van der Waals surface area contributed by atoms with E-state index in [-0.39, 0.29) is 0 Å². The van der Waals surface area contributed by atoms with E-state index < -0.39 is 0 Å². The van der Waals surface area contributed by atoms with Gasteiger partial charge in [0.25, 0.3) is 0 Å². The molecule has 0 radical (unpaired) electrons. The number of nitrogens with zero attached hydrogens (tertiary/aromatic N) is 5. The van der Waals surface area contributed by atoms with Crippen LogP contribution in [-0.4, -0.2) is 62.5 Å². The van der Waals surface area contributed by atoms with E-state index in [0.29, 0.717) is 5.65 Å². The highest BCUT2D eigenvalue weighted by atomic mass is 15.3. The second kappa shape index (κ2) is 6.90. The summed E-state index contributed by atoms with van der Waals surface area (Å²) in [6, 6.07) is 6.60. The molecule has 1 aliphatic rings. The number of rotatable bonds is 4. The molecule has 25 heavy (non-hydrogen) atoms. The molecule has 0 saturated carbocycles. The van der Waals surface area contributed by atoms with Gasteiger partial charge in [0.1, 0.15) is 5.52 Å². The Morgan fingerprint density at radius 1 is 1.08 bits per heavy atom. The topological polar surface area (TPSA) is 60.9 Å². The number of benzene rings is 1. The van der Waals surface area contributed by atoms with Gasteiger partial charge in [-0.3, -0.25) is 4.90 Å². The van der Waals surface area contributed by atoms with Crippen molar-refractivity contribution in [2.24, 2.45) is 0 Å². The third-order valence-electron chi connectivity index (χ3n) is 5.03. The molecule has 0 unspecified atom stereocenters. The van der Waals surface area contributed by atoms with Gasteiger partial charge in [-0.15, -0.1) is 0 Å². The highest BCUT2D eigenvalue weighted by Crippen LogP contribution is 2.23. The Morgan fingerprint density at radius 2 is 1.88 bits per heavy atom. The van der Waals surface area contributed by atoms with Gasteiger partial charge in [0.2, 0.25) is 0 Å². The Kier molecular flexibility index (Phi) is 4.46. The number of hydrogen-bond donors (Lipinski definition) is 1. The molecule has 130 valence electrons. The summed E-state index contributed by atoms with van der Waals surface area (Å²) >= 11 is 0. The number of H-pyrrole nitrogens is 1. The van der Waals surface area contributed by atoms with Crippen LogP contribution < -0.4 is 0 Å². The van der Waals surface area contributed by atoms with Crippen LogP contribution in [0.1, 0.15) is 18.1 Å². The number of aromatic nitrogens is 4. The molecular formula is C19H24N6. The lowest BCUT2D eigenvalue weighted by atomic mass is 10.0. The number of likely N-dealkylation sites (N-methyl/N-ethyl adjacent to an activating group) is 1. The summed E-state index contributed by atoms with van der Waals surface area (Å²) < 4.78 is 0. The van der Waals surface area contributed by atoms with Crippen molar-refractivity contribution in [1.29, 1.82) is 0 Å². The number of aromatic amines is 1. The van der Waals surface area contributed by atoms with Crippen molar-refractivity contribution < 1.29 is 0 Å². The monoisotopic (exact) mass is 336 g/mol. The van der Waals surface area contributed by atoms with E-state index in [2.05, 4.69) is 61.8 Å². The Balaban J connectivity index is 1.50. The fourth-order valence-electron chi connectivity index (χ4n) is 3.46. The van der Waals surface area contributed by atoms with Gasteiger partial charge in [-0.1, -0.05) is 25.1 Å². The summed E-state index contributed by atoms with van der Waals surface area (Å²) in [6.45, 7) is 11.2. The molecule has 3 aromatic rings. The zero-order chi connectivity index (χ0) is 17.2. The third kappa shape index (κ3) is 3.41. The lowest BCUT2D eigenvalue weighted by Gasteiger charge is -2.34. The molecule has 0 bridgehead atoms. The predicted molar refractivity (Wildman–Crippen MR) is 99.2 cm³/mol. The summed E-state index contributed by atoms with van der Waals surface area (Å²) in [4.78, 5) is 21.3. The largest absolute Gasteiger partial charge is 0.342 e. The smallest absolute Gasteiger partial charge is 0.181 e. The van der Waals surface area contributed by atoms with Crippen molar-refractivity contribution >= 4 is 11.2 Å². The average Bonchev–Trinajstić information content (AvgIpc) is 3.10. The first kappa shape index (κ1) is 16.2. The maximum Gasteiger partial charge on any atom is 0.181 e. The van der Waals surface area contributed by atoms with E-state index in [0.717, 1.165) is 43.1 Å². The van der Waals surface area contributed by atoms with Crippen molar-refractivity contribution in [1.82, 2.24) is 29.7 Å². The number of hydrogen-bond acceptors (Lipinski definition) is 5. The number of nitrogens with one attached hydrogen (secondary N) is 1. The number of piperazine rings is 1. The van der Waals surface area contributed by atoms with Gasteiger partial charge in [-0.2, -0.15) is 0 Å². The van der Waals surface area contributed by atoms with E-state index >= 15 is 0 Å². The number of imidazole rings is 1. The minimum atomic E-state index is 0.710. The third-order valence-corrected chi connectivity index (χ3v) is 5.03. The minimum absolute atomic E-state index is 0.710. The van der Waals surface area contributed by atoms with Gasteiger partial charge in [-0.25, -0.2) is 15.0 Å². The van der Waals surface area contributed by atoms with Gasteiger partial charge in [0, 0.05) is 38.3 Å². The van der Waals surface area contributed by atoms with Crippen LogP contribution in [0.4, 0.5) is 0 Å². The molecule has 0 amide bonds. The van der Waals surface area contributed by atoms with Crippen LogP contribution in [0.15, 0.2) is 30.7 Å². The molecule has 0 aliphatic carbocycles. The molecule has 0 atom stereocenters. The van der Waals surface area contributed by atoms with E-state index in [1.165, 1.54) is 24.2 Å². The van der Waals surface area contributed by atoms with Crippen LogP contribution in [0.5, 0.6) is 0 Å². The van der Waals surface area contributed by atoms with E-state index in [1.807, 2.05) is 0 Å². The highest BCUT2D eigenvalue weighted by Gasteiger charge is 2.16. The first-order chi connectivity index (χ1) is 12.2. The first-order valence-corrected chi connectivity index (χ1v) is 8.93. The summed E-state index contributed by atoms with van der Waals surface area (Å²) in [7, 11) is 0. The van der Waals surface area contributed by atoms with E-state index in [4.69, 9.17) is 0 Å². The number of aryl methyl sites for hydroxylation is 1. The van der Waals surface area contributed by atoms with Gasteiger partial charge in [0.05, 0.1) is 12.5 Å². The second-order valence-corrected chi connectivity index (χ2v) is 6.69. The maximum absolute atomic E-state index is 4.56. The Hall–Kier alpha value is -2.31. The molecule has 3 heterocycles. The summed E-state index contributed by atoms with van der Waals surface area (Å²) in [5.74, 6) is 0.736. The lowest BCUT2D eigenvalue weighted by Crippen LogP contribution is -2.45. The molecule has 6 nitrogen and oxygen atoms in total. The first-order valence-electron chi connectivity index (χ1n) is 8.93. The van der Waals surface area contributed by atoms with Crippen molar-refractivity contribution in [3.05, 3.63) is 41.9 Å². The fourth-order valence-corrected chi connectivity index (χ4v) is 3.46. The summed E-state index contributed by atoms with van der Waals surface area (Å²) in [6.07, 6.45) is 3.45. The summed E-state index contributed by atoms with van der Waals surface area (Å²) in [5, 5.41) is 0. The molecule has 2 aromatic heterocycles. The summed E-state index contributed by atoms with van der Waals surface area (Å²) in [5.41, 5.74) is 5.21. The van der Waals surface area contributed by atoms with Crippen molar-refractivity contribution in [3.8, 4) is 11.4 Å². The van der Waals surface area contributed by atoms with Crippen LogP contribution in [0.2, 0.25) is 0 Å². The molecule has 6 heteroatoms. The standard InChI is InChI=1S/C19H24N6/c1-3-24-6-8-25(9-7-24)12-15-4-5-16(14(2)10-15)18-20-11-17-19(23-18)22-13-21-17/h4-5,10-11,13H,3,6-9,12H2,1-2H3,(H,20,21,22,23). The van der Waals surface area contributed by atoms with Crippen LogP contribution in [0, 0.1) is 6.92 Å². The molecular weight excluding hydrogens is 312 g/mol. The fraction of sp³-hybridized carbons (Fsp3) is 0.421. The molecule has 1 fully saturated rings. The Bertz CT molecular complexity index is 863. The maximum atomic E-state index is 4.56. The van der Waals surface area contributed by atoms with Crippen molar-refractivity contribution in [3.63, 3.8) is 0 Å². The highest BCUT2D eigenvalue weighted by molar-refractivity contribution is 5.72. The molecule has 1 aromatic carbocycles. The Labute approximate surface area is 147 Å². The van der Waals surface area contributed by atoms with Crippen molar-refractivity contribution in [2.75, 3.05) is 32.7 Å². The van der Waals surface area contributed by atoms with Gasteiger partial charge < -0.3 is 9.88 Å². The van der Waals surface area contributed by atoms with E-state index in [1.54, 1.807) is 12.5 Å². The Morgan fingerprint density at radius 3 is 2.64 bits per heavy atom. The number of fused-ring (bicyclic) bond motifs is 1. The zero-order valence-corrected chi connectivity index (χ0v) is 14.9. The molecule has 0 spiro atoms. The van der Waals surface area contributed by atoms with Crippen molar-refractivity contribution in [2.45, 2.75) is 20.4 Å². The van der Waals surface area contributed by atoms with Crippen LogP contribution >= 0.6 is 0 Å². The zero-order valence-electron chi connectivity index (χ0n) is 14.9. The predicted octanol–water partition coefficient (Wildman–Crippen LogP) is 2.47. The minimum Gasteiger partial charge on any atom is -0.342 e. The molecule has 1 aliphatic heterocycles. The average molecular weight is 336 g/mol. The van der Waals surface area contributed by atoms with Crippen LogP contribution in [0.3, 0.4) is 0 Å². The second-order valence-electron chi connectivity index (χ2n) is 6.69. The normalized spacial score (nSPS) is 16.6. The lowest BCUT2D eigenvalue weighted by molar-refractivity contribution is 0.132. The van der Waals surface area contributed by atoms with Gasteiger partial charge in [-0.05, 0) is 24.6 Å². The molecule has 1 saturated heterocycles. The van der Waals surface area contributed by atoms with Gasteiger partial charge >= 0.3 is 0 Å². The molecule has 4 rings (SSSR count). The van der Waals surface area contributed by atoms with Gasteiger partial charge in [0.15, 0.2) is 11.5 Å². The van der Waals surface area contributed by atoms with E-state index in [9.17, 15) is 0 Å². The quantitative estimate of drug-likeness (QED) is 0.793. The molecule has 1 N–H and O–H groups in total. The van der Waals surface area contributed by atoms with Crippen LogP contribution in [0.25, 0.3) is 22.6 Å².